The van der Waals surface area contributed by atoms with Gasteiger partial charge in [-0.05, 0) is 49.4 Å². The third-order valence-corrected chi connectivity index (χ3v) is 4.93. The summed E-state index contributed by atoms with van der Waals surface area (Å²) < 4.78 is 0. The van der Waals surface area contributed by atoms with Gasteiger partial charge in [0.15, 0.2) is 0 Å². The number of benzene rings is 1. The Hall–Kier alpha value is -1.59. The van der Waals surface area contributed by atoms with E-state index < -0.39 is 0 Å². The zero-order valence-electron chi connectivity index (χ0n) is 15.1. The van der Waals surface area contributed by atoms with Crippen LogP contribution in [0.4, 0.5) is 0 Å². The maximum atomic E-state index is 12.0. The van der Waals surface area contributed by atoms with E-state index in [4.69, 9.17) is 11.6 Å². The Bertz CT molecular complexity index is 577. The second-order valence-electron chi connectivity index (χ2n) is 6.87. The summed E-state index contributed by atoms with van der Waals surface area (Å²) in [6.07, 6.45) is 3.33. The van der Waals surface area contributed by atoms with Gasteiger partial charge in [-0.15, -0.1) is 0 Å². The lowest BCUT2D eigenvalue weighted by molar-refractivity contribution is -0.132. The van der Waals surface area contributed by atoms with Crippen LogP contribution in [0.15, 0.2) is 24.3 Å². The third-order valence-electron chi connectivity index (χ3n) is 4.68. The molecule has 0 radical (unpaired) electrons. The van der Waals surface area contributed by atoms with E-state index in [1.54, 1.807) is 4.90 Å². The van der Waals surface area contributed by atoms with Gasteiger partial charge < -0.3 is 15.1 Å². The molecule has 1 heterocycles. The molecule has 1 atom stereocenters. The molecule has 1 aliphatic heterocycles. The normalized spacial score (nSPS) is 18.0. The molecule has 0 unspecified atom stereocenters. The van der Waals surface area contributed by atoms with Crippen molar-refractivity contribution in [2.24, 2.45) is 5.92 Å². The number of carbonyl (C=O) groups excluding carboxylic acids is 2. The second kappa shape index (κ2) is 9.78. The van der Waals surface area contributed by atoms with Crippen molar-refractivity contribution in [2.75, 3.05) is 39.8 Å². The molecule has 0 aliphatic carbocycles. The summed E-state index contributed by atoms with van der Waals surface area (Å²) in [5.41, 5.74) is 1.30. The number of piperidine rings is 1. The highest BCUT2D eigenvalue weighted by atomic mass is 35.5. The van der Waals surface area contributed by atoms with E-state index in [2.05, 4.69) is 22.3 Å². The molecule has 2 rings (SSSR count). The smallest absolute Gasteiger partial charge is 0.241 e. The Labute approximate surface area is 155 Å². The fourth-order valence-corrected chi connectivity index (χ4v) is 3.39. The van der Waals surface area contributed by atoms with E-state index in [0.29, 0.717) is 5.92 Å². The minimum atomic E-state index is -0.173. The maximum absolute atomic E-state index is 12.0. The molecule has 5 nitrogen and oxygen atoms in total. The molecule has 25 heavy (non-hydrogen) atoms. The van der Waals surface area contributed by atoms with Crippen LogP contribution in [0.5, 0.6) is 0 Å². The third kappa shape index (κ3) is 7.04. The number of halogens is 1. The van der Waals surface area contributed by atoms with Crippen LogP contribution in [0.1, 0.15) is 25.3 Å². The molecule has 0 aromatic heterocycles. The fraction of sp³-hybridized carbons (Fsp3) is 0.579. The quantitative estimate of drug-likeness (QED) is 0.805. The van der Waals surface area contributed by atoms with Gasteiger partial charge >= 0.3 is 0 Å². The van der Waals surface area contributed by atoms with Crippen LogP contribution in [0.2, 0.25) is 5.02 Å². The minimum Gasteiger partial charge on any atom is -0.347 e. The Morgan fingerprint density at radius 2 is 2.04 bits per heavy atom. The largest absolute Gasteiger partial charge is 0.347 e. The Balaban J connectivity index is 1.75. The number of amides is 2. The average Bonchev–Trinajstić information content (AvgIpc) is 2.59. The fourth-order valence-electron chi connectivity index (χ4n) is 3.27. The van der Waals surface area contributed by atoms with Crippen LogP contribution >= 0.6 is 11.6 Å². The van der Waals surface area contributed by atoms with E-state index in [9.17, 15) is 9.59 Å². The SMILES string of the molecule is CC(=O)NCC(=O)N(C)C[C@@H]1CCCN(CCc2ccc(Cl)cc2)C1. The van der Waals surface area contributed by atoms with Gasteiger partial charge in [-0.1, -0.05) is 23.7 Å². The van der Waals surface area contributed by atoms with E-state index in [0.717, 1.165) is 44.0 Å². The molecule has 1 aromatic carbocycles. The highest BCUT2D eigenvalue weighted by Crippen LogP contribution is 2.18. The monoisotopic (exact) mass is 365 g/mol. The van der Waals surface area contributed by atoms with Gasteiger partial charge in [-0.3, -0.25) is 9.59 Å². The zero-order valence-corrected chi connectivity index (χ0v) is 15.9. The van der Waals surface area contributed by atoms with E-state index in [1.165, 1.54) is 18.9 Å². The van der Waals surface area contributed by atoms with Crippen molar-refractivity contribution in [3.8, 4) is 0 Å². The molecule has 2 amide bonds. The predicted molar refractivity (Wildman–Crippen MR) is 101 cm³/mol. The number of nitrogens with one attached hydrogen (secondary N) is 1. The van der Waals surface area contributed by atoms with Crippen molar-refractivity contribution in [3.05, 3.63) is 34.9 Å². The topological polar surface area (TPSA) is 52.7 Å². The van der Waals surface area contributed by atoms with Gasteiger partial charge in [0.25, 0.3) is 0 Å². The number of hydrogen-bond donors (Lipinski definition) is 1. The number of rotatable bonds is 7. The van der Waals surface area contributed by atoms with Gasteiger partial charge in [-0.2, -0.15) is 0 Å². The van der Waals surface area contributed by atoms with Crippen molar-refractivity contribution < 1.29 is 9.59 Å². The molecular formula is C19H28ClN3O2. The number of hydrogen-bond acceptors (Lipinski definition) is 3. The molecule has 6 heteroatoms. The van der Waals surface area contributed by atoms with Crippen molar-refractivity contribution in [2.45, 2.75) is 26.2 Å². The first-order chi connectivity index (χ1) is 11.9. The molecule has 138 valence electrons. The first kappa shape index (κ1) is 19.7. The molecule has 1 fully saturated rings. The Morgan fingerprint density at radius 1 is 1.32 bits per heavy atom. The lowest BCUT2D eigenvalue weighted by atomic mass is 9.97. The standard InChI is InChI=1S/C19H28ClN3O2/c1-15(24)21-12-19(25)22(2)13-17-4-3-10-23(14-17)11-9-16-5-7-18(20)8-6-16/h5-8,17H,3-4,9-14H2,1-2H3,(H,21,24)/t17-/m0/s1. The van der Waals surface area contributed by atoms with Crippen LogP contribution in [0, 0.1) is 5.92 Å². The van der Waals surface area contributed by atoms with Crippen LogP contribution in [-0.4, -0.2) is 61.4 Å². The van der Waals surface area contributed by atoms with Gasteiger partial charge in [0.05, 0.1) is 6.54 Å². The van der Waals surface area contributed by atoms with E-state index in [-0.39, 0.29) is 18.4 Å². The predicted octanol–water partition coefficient (Wildman–Crippen LogP) is 2.19. The van der Waals surface area contributed by atoms with Gasteiger partial charge in [0, 0.05) is 38.6 Å². The number of likely N-dealkylation sites (tertiary alicyclic amines) is 1. The summed E-state index contributed by atoms with van der Waals surface area (Å²) >= 11 is 5.93. The average molecular weight is 366 g/mol. The summed E-state index contributed by atoms with van der Waals surface area (Å²) in [7, 11) is 1.82. The number of nitrogens with zero attached hydrogens (tertiary/aromatic N) is 2. The number of likely N-dealkylation sites (N-methyl/N-ethyl adjacent to an activating group) is 1. The number of carbonyl (C=O) groups is 2. The maximum Gasteiger partial charge on any atom is 0.241 e. The van der Waals surface area contributed by atoms with E-state index in [1.807, 2.05) is 19.2 Å². The summed E-state index contributed by atoms with van der Waals surface area (Å²) in [5, 5.41) is 3.34. The first-order valence-corrected chi connectivity index (χ1v) is 9.27. The van der Waals surface area contributed by atoms with Crippen LogP contribution < -0.4 is 5.32 Å². The van der Waals surface area contributed by atoms with Crippen LogP contribution in [0.25, 0.3) is 0 Å². The van der Waals surface area contributed by atoms with Crippen LogP contribution in [0.3, 0.4) is 0 Å². The molecule has 1 aromatic rings. The summed E-state index contributed by atoms with van der Waals surface area (Å²) in [4.78, 5) is 27.2. The van der Waals surface area contributed by atoms with E-state index >= 15 is 0 Å². The van der Waals surface area contributed by atoms with Crippen molar-refractivity contribution in [1.29, 1.82) is 0 Å². The lowest BCUT2D eigenvalue weighted by Gasteiger charge is -2.34. The van der Waals surface area contributed by atoms with Gasteiger partial charge in [-0.25, -0.2) is 0 Å². The zero-order chi connectivity index (χ0) is 18.2. The highest BCUT2D eigenvalue weighted by molar-refractivity contribution is 6.30. The van der Waals surface area contributed by atoms with Crippen molar-refractivity contribution in [3.63, 3.8) is 0 Å². The highest BCUT2D eigenvalue weighted by Gasteiger charge is 2.22. The summed E-state index contributed by atoms with van der Waals surface area (Å²) in [5.74, 6) is 0.284. The lowest BCUT2D eigenvalue weighted by Crippen LogP contribution is -2.44. The van der Waals surface area contributed by atoms with Gasteiger partial charge in [0.1, 0.15) is 0 Å². The summed E-state index contributed by atoms with van der Waals surface area (Å²) in [6, 6.07) is 8.04. The Kier molecular flexibility index (Phi) is 7.72. The van der Waals surface area contributed by atoms with Crippen molar-refractivity contribution >= 4 is 23.4 Å². The van der Waals surface area contributed by atoms with Gasteiger partial charge in [0.2, 0.25) is 11.8 Å². The molecule has 0 bridgehead atoms. The molecule has 1 N–H and O–H groups in total. The molecular weight excluding hydrogens is 338 g/mol. The molecule has 0 saturated carbocycles. The van der Waals surface area contributed by atoms with Crippen molar-refractivity contribution in [1.82, 2.24) is 15.1 Å². The molecule has 0 spiro atoms. The minimum absolute atomic E-state index is 0.0338. The summed E-state index contributed by atoms with van der Waals surface area (Å²) in [6.45, 7) is 5.42. The second-order valence-corrected chi connectivity index (χ2v) is 7.31. The Morgan fingerprint density at radius 3 is 2.72 bits per heavy atom. The molecule has 1 aliphatic rings. The van der Waals surface area contributed by atoms with Crippen LogP contribution in [-0.2, 0) is 16.0 Å². The molecule has 1 saturated heterocycles. The first-order valence-electron chi connectivity index (χ1n) is 8.89.